The van der Waals surface area contributed by atoms with Gasteiger partial charge in [0.25, 0.3) is 0 Å². The second-order valence-corrected chi connectivity index (χ2v) is 2.65. The Kier molecular flexibility index (Phi) is 3.41. The van der Waals surface area contributed by atoms with Crippen LogP contribution in [0.4, 0.5) is 4.39 Å². The molecule has 0 saturated carbocycles. The van der Waals surface area contributed by atoms with E-state index in [1.165, 1.54) is 12.1 Å². The van der Waals surface area contributed by atoms with Gasteiger partial charge in [-0.25, -0.2) is 4.39 Å². The number of amides is 1. The summed E-state index contributed by atoms with van der Waals surface area (Å²) in [7, 11) is 0. The predicted octanol–water partition coefficient (Wildman–Crippen LogP) is 0.262. The maximum absolute atomic E-state index is 13.2. The van der Waals surface area contributed by atoms with Crippen LogP contribution >= 0.6 is 0 Å². The second-order valence-electron chi connectivity index (χ2n) is 2.65. The minimum absolute atomic E-state index is 0.0699. The van der Waals surface area contributed by atoms with Gasteiger partial charge in [0.05, 0.1) is 0 Å². The van der Waals surface area contributed by atoms with Crippen molar-refractivity contribution in [1.82, 2.24) is 0 Å². The third-order valence-corrected chi connectivity index (χ3v) is 1.59. The van der Waals surface area contributed by atoms with Crippen LogP contribution in [-0.2, 0) is 0 Å². The molecular formula is C9H11FN2O2. The highest BCUT2D eigenvalue weighted by Crippen LogP contribution is 2.17. The van der Waals surface area contributed by atoms with Gasteiger partial charge < -0.3 is 16.2 Å². The number of hydrogen-bond donors (Lipinski definition) is 2. The van der Waals surface area contributed by atoms with Crippen molar-refractivity contribution in [2.24, 2.45) is 11.5 Å². The molecule has 0 heterocycles. The molecule has 1 aromatic rings. The monoisotopic (exact) mass is 198 g/mol. The van der Waals surface area contributed by atoms with Gasteiger partial charge in [-0.2, -0.15) is 0 Å². The van der Waals surface area contributed by atoms with Crippen LogP contribution in [0, 0.1) is 5.82 Å². The van der Waals surface area contributed by atoms with E-state index in [0.717, 1.165) is 6.07 Å². The first-order chi connectivity index (χ1) is 6.65. The molecule has 0 radical (unpaired) electrons. The average Bonchev–Trinajstić information content (AvgIpc) is 2.15. The summed E-state index contributed by atoms with van der Waals surface area (Å²) < 4.78 is 18.1. The van der Waals surface area contributed by atoms with Crippen LogP contribution < -0.4 is 16.2 Å². The van der Waals surface area contributed by atoms with Gasteiger partial charge in [-0.05, 0) is 18.2 Å². The minimum atomic E-state index is -0.672. The average molecular weight is 198 g/mol. The summed E-state index contributed by atoms with van der Waals surface area (Å²) in [5, 5.41) is 0. The van der Waals surface area contributed by atoms with Crippen molar-refractivity contribution in [2.75, 3.05) is 13.2 Å². The van der Waals surface area contributed by atoms with Crippen molar-refractivity contribution in [3.63, 3.8) is 0 Å². The maximum atomic E-state index is 13.2. The highest BCUT2D eigenvalue weighted by atomic mass is 19.1. The third-order valence-electron chi connectivity index (χ3n) is 1.59. The molecule has 14 heavy (non-hydrogen) atoms. The summed E-state index contributed by atoms with van der Waals surface area (Å²) in [6.07, 6.45) is 0. The van der Waals surface area contributed by atoms with Crippen LogP contribution in [0.15, 0.2) is 18.2 Å². The molecule has 5 heteroatoms. The Morgan fingerprint density at radius 3 is 2.71 bits per heavy atom. The molecule has 0 aliphatic heterocycles. The van der Waals surface area contributed by atoms with E-state index in [1.807, 2.05) is 0 Å². The molecule has 0 aliphatic rings. The summed E-state index contributed by atoms with van der Waals surface area (Å²) >= 11 is 0. The van der Waals surface area contributed by atoms with Crippen molar-refractivity contribution >= 4 is 5.91 Å². The molecule has 76 valence electrons. The minimum Gasteiger partial charge on any atom is -0.489 e. The molecule has 0 spiro atoms. The molecule has 4 N–H and O–H groups in total. The first kappa shape index (κ1) is 10.5. The van der Waals surface area contributed by atoms with Gasteiger partial charge in [-0.3, -0.25) is 4.79 Å². The van der Waals surface area contributed by atoms with Crippen LogP contribution in [0.2, 0.25) is 0 Å². The van der Waals surface area contributed by atoms with Crippen LogP contribution in [0.5, 0.6) is 5.75 Å². The quantitative estimate of drug-likeness (QED) is 0.728. The van der Waals surface area contributed by atoms with Crippen LogP contribution in [-0.4, -0.2) is 19.1 Å². The fourth-order valence-corrected chi connectivity index (χ4v) is 0.940. The number of primary amides is 1. The van der Waals surface area contributed by atoms with Crippen LogP contribution in [0.25, 0.3) is 0 Å². The van der Waals surface area contributed by atoms with E-state index in [9.17, 15) is 9.18 Å². The van der Waals surface area contributed by atoms with Crippen molar-refractivity contribution in [3.8, 4) is 5.75 Å². The summed E-state index contributed by atoms with van der Waals surface area (Å²) in [5.74, 6) is -1.22. The van der Waals surface area contributed by atoms with Crippen molar-refractivity contribution in [3.05, 3.63) is 29.6 Å². The number of rotatable bonds is 4. The lowest BCUT2D eigenvalue weighted by Crippen LogP contribution is -2.13. The summed E-state index contributed by atoms with van der Waals surface area (Å²) in [5.41, 5.74) is 10.3. The number of halogens is 1. The Morgan fingerprint density at radius 2 is 2.21 bits per heavy atom. The summed E-state index contributed by atoms with van der Waals surface area (Å²) in [6.45, 7) is 0.532. The molecule has 0 atom stereocenters. The van der Waals surface area contributed by atoms with Gasteiger partial charge in [-0.15, -0.1) is 0 Å². The standard InChI is InChI=1S/C9H11FN2O2/c10-7-5-6(9(12)13)1-2-8(7)14-4-3-11/h1-2,5H,3-4,11H2,(H2,12,13). The normalized spacial score (nSPS) is 9.86. The topological polar surface area (TPSA) is 78.3 Å². The van der Waals surface area contributed by atoms with E-state index in [4.69, 9.17) is 16.2 Å². The van der Waals surface area contributed by atoms with E-state index >= 15 is 0 Å². The van der Waals surface area contributed by atoms with Gasteiger partial charge in [0.15, 0.2) is 11.6 Å². The van der Waals surface area contributed by atoms with E-state index < -0.39 is 11.7 Å². The molecule has 0 bridgehead atoms. The molecule has 0 saturated heterocycles. The molecular weight excluding hydrogens is 187 g/mol. The Balaban J connectivity index is 2.84. The zero-order valence-electron chi connectivity index (χ0n) is 7.50. The summed E-state index contributed by atoms with van der Waals surface area (Å²) in [6, 6.07) is 3.79. The molecule has 1 aromatic carbocycles. The fourth-order valence-electron chi connectivity index (χ4n) is 0.940. The van der Waals surface area contributed by atoms with E-state index in [2.05, 4.69) is 0 Å². The van der Waals surface area contributed by atoms with Gasteiger partial charge in [0.1, 0.15) is 6.61 Å². The Bertz CT molecular complexity index is 342. The lowest BCUT2D eigenvalue weighted by atomic mass is 10.2. The lowest BCUT2D eigenvalue weighted by Gasteiger charge is -2.05. The molecule has 0 unspecified atom stereocenters. The zero-order valence-corrected chi connectivity index (χ0v) is 7.50. The van der Waals surface area contributed by atoms with Crippen molar-refractivity contribution in [1.29, 1.82) is 0 Å². The largest absolute Gasteiger partial charge is 0.489 e. The lowest BCUT2D eigenvalue weighted by molar-refractivity contribution is 0.1000. The van der Waals surface area contributed by atoms with Gasteiger partial charge in [0.2, 0.25) is 5.91 Å². The number of carbonyl (C=O) groups excluding carboxylic acids is 1. The van der Waals surface area contributed by atoms with Gasteiger partial charge in [0, 0.05) is 12.1 Å². The number of nitrogens with two attached hydrogens (primary N) is 2. The molecule has 0 aliphatic carbocycles. The van der Waals surface area contributed by atoms with Gasteiger partial charge in [-0.1, -0.05) is 0 Å². The third kappa shape index (κ3) is 2.43. The molecule has 0 fully saturated rings. The molecule has 4 nitrogen and oxygen atoms in total. The van der Waals surface area contributed by atoms with E-state index in [-0.39, 0.29) is 17.9 Å². The summed E-state index contributed by atoms with van der Waals surface area (Å²) in [4.78, 5) is 10.7. The highest BCUT2D eigenvalue weighted by Gasteiger charge is 2.07. The maximum Gasteiger partial charge on any atom is 0.248 e. The first-order valence-electron chi connectivity index (χ1n) is 4.07. The first-order valence-corrected chi connectivity index (χ1v) is 4.07. The SMILES string of the molecule is NCCOc1ccc(C(N)=O)cc1F. The van der Waals surface area contributed by atoms with Gasteiger partial charge >= 0.3 is 0 Å². The Hall–Kier alpha value is -1.62. The zero-order chi connectivity index (χ0) is 10.6. The fraction of sp³-hybridized carbons (Fsp3) is 0.222. The predicted molar refractivity (Wildman–Crippen MR) is 49.5 cm³/mol. The molecule has 1 amide bonds. The van der Waals surface area contributed by atoms with E-state index in [1.54, 1.807) is 0 Å². The molecule has 0 aromatic heterocycles. The second kappa shape index (κ2) is 4.57. The highest BCUT2D eigenvalue weighted by molar-refractivity contribution is 5.92. The number of carbonyl (C=O) groups is 1. The van der Waals surface area contributed by atoms with E-state index in [0.29, 0.717) is 6.54 Å². The van der Waals surface area contributed by atoms with Crippen LogP contribution in [0.1, 0.15) is 10.4 Å². The number of hydrogen-bond acceptors (Lipinski definition) is 3. The number of benzene rings is 1. The van der Waals surface area contributed by atoms with Crippen molar-refractivity contribution < 1.29 is 13.9 Å². The van der Waals surface area contributed by atoms with Crippen LogP contribution in [0.3, 0.4) is 0 Å². The Labute approximate surface area is 80.6 Å². The molecule has 1 rings (SSSR count). The Morgan fingerprint density at radius 1 is 1.50 bits per heavy atom. The smallest absolute Gasteiger partial charge is 0.248 e. The number of ether oxygens (including phenoxy) is 1. The van der Waals surface area contributed by atoms with Crippen molar-refractivity contribution in [2.45, 2.75) is 0 Å².